The Balaban J connectivity index is 2.12. The van der Waals surface area contributed by atoms with E-state index in [4.69, 9.17) is 16.3 Å². The number of thioether (sulfide) groups is 1. The Labute approximate surface area is 147 Å². The Morgan fingerprint density at radius 1 is 1.33 bits per heavy atom. The molecule has 124 valence electrons. The van der Waals surface area contributed by atoms with Crippen molar-refractivity contribution in [1.82, 2.24) is 0 Å². The number of nitrogens with zero attached hydrogens (tertiary/aromatic N) is 2. The SMILES string of the molecule is COc1ccc(Cl)cc1N1C(=O)CSC1c1ccccc1[N+](=O)[O-]. The topological polar surface area (TPSA) is 72.7 Å². The van der Waals surface area contributed by atoms with Crippen molar-refractivity contribution < 1.29 is 14.5 Å². The van der Waals surface area contributed by atoms with Crippen LogP contribution >= 0.6 is 23.4 Å². The first-order chi connectivity index (χ1) is 11.5. The van der Waals surface area contributed by atoms with Crippen LogP contribution in [0, 0.1) is 10.1 Å². The summed E-state index contributed by atoms with van der Waals surface area (Å²) in [6.45, 7) is 0. The van der Waals surface area contributed by atoms with E-state index in [0.29, 0.717) is 22.0 Å². The number of benzene rings is 2. The molecular weight excluding hydrogens is 352 g/mol. The van der Waals surface area contributed by atoms with E-state index in [1.54, 1.807) is 36.4 Å². The zero-order chi connectivity index (χ0) is 17.3. The Bertz CT molecular complexity index is 814. The van der Waals surface area contributed by atoms with Gasteiger partial charge < -0.3 is 4.74 Å². The van der Waals surface area contributed by atoms with Crippen molar-refractivity contribution in [3.8, 4) is 5.75 Å². The summed E-state index contributed by atoms with van der Waals surface area (Å²) < 4.78 is 5.33. The monoisotopic (exact) mass is 364 g/mol. The summed E-state index contributed by atoms with van der Waals surface area (Å²) in [5.74, 6) is 0.564. The van der Waals surface area contributed by atoms with Crippen LogP contribution in [-0.4, -0.2) is 23.7 Å². The van der Waals surface area contributed by atoms with Gasteiger partial charge in [-0.25, -0.2) is 0 Å². The quantitative estimate of drug-likeness (QED) is 0.604. The predicted octanol–water partition coefficient (Wildman–Crippen LogP) is 4.04. The van der Waals surface area contributed by atoms with E-state index in [9.17, 15) is 14.9 Å². The summed E-state index contributed by atoms with van der Waals surface area (Å²) in [5.41, 5.74) is 0.958. The largest absolute Gasteiger partial charge is 0.495 e. The van der Waals surface area contributed by atoms with Gasteiger partial charge in [-0.05, 0) is 24.3 Å². The number of amides is 1. The van der Waals surface area contributed by atoms with Gasteiger partial charge in [0.15, 0.2) is 0 Å². The lowest BCUT2D eigenvalue weighted by atomic mass is 10.1. The Morgan fingerprint density at radius 2 is 2.08 bits per heavy atom. The fourth-order valence-electron chi connectivity index (χ4n) is 2.63. The van der Waals surface area contributed by atoms with Gasteiger partial charge in [0, 0.05) is 11.1 Å². The molecule has 1 amide bonds. The van der Waals surface area contributed by atoms with Crippen LogP contribution in [-0.2, 0) is 4.79 Å². The zero-order valence-electron chi connectivity index (χ0n) is 12.6. The molecule has 24 heavy (non-hydrogen) atoms. The highest BCUT2D eigenvalue weighted by atomic mass is 35.5. The highest BCUT2D eigenvalue weighted by molar-refractivity contribution is 8.00. The zero-order valence-corrected chi connectivity index (χ0v) is 14.2. The number of para-hydroxylation sites is 1. The van der Waals surface area contributed by atoms with Crippen LogP contribution < -0.4 is 9.64 Å². The number of nitro benzene ring substituents is 1. The highest BCUT2D eigenvalue weighted by Crippen LogP contribution is 2.47. The molecule has 0 spiro atoms. The van der Waals surface area contributed by atoms with Gasteiger partial charge in [0.05, 0.1) is 29.0 Å². The molecule has 0 N–H and O–H groups in total. The second kappa shape index (κ2) is 6.70. The molecule has 1 atom stereocenters. The van der Waals surface area contributed by atoms with Crippen LogP contribution in [0.25, 0.3) is 0 Å². The number of halogens is 1. The van der Waals surface area contributed by atoms with Gasteiger partial charge in [-0.15, -0.1) is 11.8 Å². The Morgan fingerprint density at radius 3 is 2.79 bits per heavy atom. The Hall–Kier alpha value is -2.25. The van der Waals surface area contributed by atoms with Gasteiger partial charge in [-0.1, -0.05) is 23.7 Å². The molecule has 1 unspecified atom stereocenters. The average molecular weight is 365 g/mol. The molecule has 6 nitrogen and oxygen atoms in total. The summed E-state index contributed by atoms with van der Waals surface area (Å²) in [5, 5.41) is 11.3. The van der Waals surface area contributed by atoms with Crippen molar-refractivity contribution in [3.63, 3.8) is 0 Å². The van der Waals surface area contributed by atoms with Crippen molar-refractivity contribution in [2.75, 3.05) is 17.8 Å². The normalized spacial score (nSPS) is 17.2. The van der Waals surface area contributed by atoms with Crippen LogP contribution in [0.1, 0.15) is 10.9 Å². The van der Waals surface area contributed by atoms with Gasteiger partial charge in [0.25, 0.3) is 5.69 Å². The summed E-state index contributed by atoms with van der Waals surface area (Å²) >= 11 is 7.40. The molecule has 3 rings (SSSR count). The third-order valence-electron chi connectivity index (χ3n) is 3.67. The second-order valence-electron chi connectivity index (χ2n) is 5.06. The van der Waals surface area contributed by atoms with E-state index in [1.807, 2.05) is 0 Å². The summed E-state index contributed by atoms with van der Waals surface area (Å²) in [6.07, 6.45) is 0. The second-order valence-corrected chi connectivity index (χ2v) is 6.56. The fourth-order valence-corrected chi connectivity index (χ4v) is 3.99. The molecule has 1 fully saturated rings. The fraction of sp³-hybridized carbons (Fsp3) is 0.188. The smallest absolute Gasteiger partial charge is 0.275 e. The van der Waals surface area contributed by atoms with Crippen molar-refractivity contribution in [1.29, 1.82) is 0 Å². The summed E-state index contributed by atoms with van der Waals surface area (Å²) in [6, 6.07) is 11.4. The molecule has 8 heteroatoms. The average Bonchev–Trinajstić information content (AvgIpc) is 2.96. The lowest BCUT2D eigenvalue weighted by molar-refractivity contribution is -0.385. The standard InChI is InChI=1S/C16H13ClN2O4S/c1-23-14-7-6-10(17)8-13(14)18-15(20)9-24-16(18)11-4-2-3-5-12(11)19(21)22/h2-8,16H,9H2,1H3. The van der Waals surface area contributed by atoms with Crippen LogP contribution in [0.5, 0.6) is 5.75 Å². The number of nitro groups is 1. The first-order valence-electron chi connectivity index (χ1n) is 7.03. The maximum absolute atomic E-state index is 12.5. The Kier molecular flexibility index (Phi) is 4.64. The number of anilines is 1. The maximum Gasteiger partial charge on any atom is 0.275 e. The van der Waals surface area contributed by atoms with E-state index in [2.05, 4.69) is 0 Å². The molecule has 0 bridgehead atoms. The van der Waals surface area contributed by atoms with Gasteiger partial charge in [-0.3, -0.25) is 19.8 Å². The molecule has 1 aliphatic heterocycles. The minimum Gasteiger partial charge on any atom is -0.495 e. The summed E-state index contributed by atoms with van der Waals surface area (Å²) in [7, 11) is 1.50. The summed E-state index contributed by atoms with van der Waals surface area (Å²) in [4.78, 5) is 24.9. The molecule has 0 aromatic heterocycles. The number of methoxy groups -OCH3 is 1. The number of hydrogen-bond donors (Lipinski definition) is 0. The van der Waals surface area contributed by atoms with Crippen molar-refractivity contribution >= 4 is 40.6 Å². The predicted molar refractivity (Wildman–Crippen MR) is 93.8 cm³/mol. The minimum absolute atomic E-state index is 0.0179. The number of carbonyl (C=O) groups excluding carboxylic acids is 1. The van der Waals surface area contributed by atoms with Crippen molar-refractivity contribution in [2.45, 2.75) is 5.37 Å². The van der Waals surface area contributed by atoms with E-state index < -0.39 is 10.3 Å². The number of ether oxygens (including phenoxy) is 1. The van der Waals surface area contributed by atoms with Crippen LogP contribution in [0.15, 0.2) is 42.5 Å². The van der Waals surface area contributed by atoms with Gasteiger partial charge >= 0.3 is 0 Å². The first kappa shape index (κ1) is 16.6. The maximum atomic E-state index is 12.5. The third kappa shape index (κ3) is 2.92. The third-order valence-corrected chi connectivity index (χ3v) is 5.10. The van der Waals surface area contributed by atoms with Gasteiger partial charge in [-0.2, -0.15) is 0 Å². The van der Waals surface area contributed by atoms with Crippen molar-refractivity contribution in [3.05, 3.63) is 63.2 Å². The van der Waals surface area contributed by atoms with E-state index in [-0.39, 0.29) is 17.3 Å². The van der Waals surface area contributed by atoms with Crippen LogP contribution in [0.2, 0.25) is 5.02 Å². The van der Waals surface area contributed by atoms with Gasteiger partial charge in [0.1, 0.15) is 11.1 Å². The van der Waals surface area contributed by atoms with E-state index in [1.165, 1.54) is 29.8 Å². The minimum atomic E-state index is -0.508. The number of carbonyl (C=O) groups is 1. The molecule has 1 saturated heterocycles. The first-order valence-corrected chi connectivity index (χ1v) is 8.46. The molecule has 0 radical (unpaired) electrons. The molecule has 1 aliphatic rings. The lowest BCUT2D eigenvalue weighted by Gasteiger charge is -2.25. The molecular formula is C16H13ClN2O4S. The van der Waals surface area contributed by atoms with E-state index >= 15 is 0 Å². The van der Waals surface area contributed by atoms with Crippen LogP contribution in [0.3, 0.4) is 0 Å². The molecule has 2 aromatic rings. The molecule has 0 aliphatic carbocycles. The molecule has 1 heterocycles. The van der Waals surface area contributed by atoms with Gasteiger partial charge in [0.2, 0.25) is 5.91 Å². The highest BCUT2D eigenvalue weighted by Gasteiger charge is 2.38. The van der Waals surface area contributed by atoms with Crippen LogP contribution in [0.4, 0.5) is 11.4 Å². The molecule has 2 aromatic carbocycles. The lowest BCUT2D eigenvalue weighted by Crippen LogP contribution is -2.28. The number of hydrogen-bond acceptors (Lipinski definition) is 5. The van der Waals surface area contributed by atoms with E-state index in [0.717, 1.165) is 0 Å². The number of rotatable bonds is 4. The molecule has 0 saturated carbocycles. The van der Waals surface area contributed by atoms with Crippen molar-refractivity contribution in [2.24, 2.45) is 0 Å².